The fourth-order valence-electron chi connectivity index (χ4n) is 2.34. The molecule has 3 rings (SSSR count). The molecule has 2 aromatic heterocycles. The minimum atomic E-state index is 0.694. The predicted octanol–water partition coefficient (Wildman–Crippen LogP) is 2.76. The second-order valence-corrected chi connectivity index (χ2v) is 5.77. The molecule has 0 bridgehead atoms. The topological polar surface area (TPSA) is 20.5 Å². The molecular formula is C11H14BrN3S. The molecule has 2 aromatic rings. The number of likely N-dealkylation sites (tertiary alicyclic amines) is 1. The van der Waals surface area contributed by atoms with Crippen molar-refractivity contribution in [1.82, 2.24) is 14.3 Å². The maximum absolute atomic E-state index is 4.63. The number of alkyl halides is 1. The van der Waals surface area contributed by atoms with E-state index >= 15 is 0 Å². The molecular weight excluding hydrogens is 286 g/mol. The SMILES string of the molecule is BrCC1CCCN1Cc1cn2ccsc2n1. The Morgan fingerprint density at radius 2 is 2.50 bits per heavy atom. The first-order valence-corrected chi connectivity index (χ1v) is 7.58. The molecule has 5 heteroatoms. The summed E-state index contributed by atoms with van der Waals surface area (Å²) in [7, 11) is 0. The largest absolute Gasteiger partial charge is 0.297 e. The maximum Gasteiger partial charge on any atom is 0.193 e. The zero-order chi connectivity index (χ0) is 11.0. The van der Waals surface area contributed by atoms with E-state index in [2.05, 4.69) is 48.0 Å². The van der Waals surface area contributed by atoms with Crippen molar-refractivity contribution in [2.24, 2.45) is 0 Å². The van der Waals surface area contributed by atoms with Gasteiger partial charge in [0, 0.05) is 35.7 Å². The zero-order valence-corrected chi connectivity index (χ0v) is 11.4. The van der Waals surface area contributed by atoms with Gasteiger partial charge in [-0.25, -0.2) is 4.98 Å². The molecule has 0 amide bonds. The third-order valence-electron chi connectivity index (χ3n) is 3.19. The molecule has 16 heavy (non-hydrogen) atoms. The summed E-state index contributed by atoms with van der Waals surface area (Å²) in [5, 5.41) is 3.15. The van der Waals surface area contributed by atoms with Crippen LogP contribution in [0.4, 0.5) is 0 Å². The van der Waals surface area contributed by atoms with Crippen LogP contribution in [0.1, 0.15) is 18.5 Å². The highest BCUT2D eigenvalue weighted by Gasteiger charge is 2.23. The van der Waals surface area contributed by atoms with Gasteiger partial charge in [-0.2, -0.15) is 0 Å². The van der Waals surface area contributed by atoms with Gasteiger partial charge in [0.1, 0.15) is 0 Å². The Labute approximate surface area is 107 Å². The predicted molar refractivity (Wildman–Crippen MR) is 70.3 cm³/mol. The molecule has 1 aliphatic rings. The number of hydrogen-bond acceptors (Lipinski definition) is 3. The highest BCUT2D eigenvalue weighted by atomic mass is 79.9. The lowest BCUT2D eigenvalue weighted by atomic mass is 10.2. The van der Waals surface area contributed by atoms with E-state index in [4.69, 9.17) is 0 Å². The van der Waals surface area contributed by atoms with Crippen molar-refractivity contribution in [3.05, 3.63) is 23.5 Å². The van der Waals surface area contributed by atoms with Crippen LogP contribution >= 0.6 is 27.3 Å². The lowest BCUT2D eigenvalue weighted by Crippen LogP contribution is -2.30. The van der Waals surface area contributed by atoms with Crippen LogP contribution in [-0.2, 0) is 6.54 Å². The number of rotatable bonds is 3. The van der Waals surface area contributed by atoms with Crippen LogP contribution in [0.3, 0.4) is 0 Å². The maximum atomic E-state index is 4.63. The molecule has 1 unspecified atom stereocenters. The first-order chi connectivity index (χ1) is 7.86. The Kier molecular flexibility index (Phi) is 3.00. The summed E-state index contributed by atoms with van der Waals surface area (Å²) in [4.78, 5) is 8.26. The standard InChI is InChI=1S/C11H14BrN3S/c12-6-10-2-1-3-14(10)7-9-8-15-4-5-16-11(15)13-9/h4-5,8,10H,1-3,6-7H2. The quantitative estimate of drug-likeness (QED) is 0.813. The normalized spacial score (nSPS) is 22.2. The van der Waals surface area contributed by atoms with Crippen LogP contribution in [-0.4, -0.2) is 32.2 Å². The summed E-state index contributed by atoms with van der Waals surface area (Å²) < 4.78 is 2.11. The summed E-state index contributed by atoms with van der Waals surface area (Å²) in [5.74, 6) is 0. The van der Waals surface area contributed by atoms with Crippen LogP contribution in [0.25, 0.3) is 4.96 Å². The van der Waals surface area contributed by atoms with Gasteiger partial charge in [-0.05, 0) is 19.4 Å². The second-order valence-electron chi connectivity index (χ2n) is 4.25. The molecule has 1 aliphatic heterocycles. The number of thiazole rings is 1. The number of halogens is 1. The first-order valence-electron chi connectivity index (χ1n) is 5.58. The Hall–Kier alpha value is -0.390. The van der Waals surface area contributed by atoms with E-state index in [-0.39, 0.29) is 0 Å². The summed E-state index contributed by atoms with van der Waals surface area (Å²) >= 11 is 5.29. The van der Waals surface area contributed by atoms with Crippen molar-refractivity contribution < 1.29 is 0 Å². The van der Waals surface area contributed by atoms with Crippen molar-refractivity contribution in [3.63, 3.8) is 0 Å². The highest BCUT2D eigenvalue weighted by Crippen LogP contribution is 2.22. The second kappa shape index (κ2) is 4.47. The van der Waals surface area contributed by atoms with Gasteiger partial charge in [-0.1, -0.05) is 15.9 Å². The number of aromatic nitrogens is 2. The van der Waals surface area contributed by atoms with Crippen LogP contribution in [0.5, 0.6) is 0 Å². The third-order valence-corrected chi connectivity index (χ3v) is 4.70. The van der Waals surface area contributed by atoms with E-state index in [0.29, 0.717) is 6.04 Å². The van der Waals surface area contributed by atoms with Crippen molar-refractivity contribution >= 4 is 32.2 Å². The Morgan fingerprint density at radius 1 is 1.56 bits per heavy atom. The summed E-state index contributed by atoms with van der Waals surface area (Å²) in [5.41, 5.74) is 1.19. The molecule has 1 atom stereocenters. The third kappa shape index (κ3) is 1.92. The van der Waals surface area contributed by atoms with Gasteiger partial charge in [0.05, 0.1) is 5.69 Å². The number of hydrogen-bond donors (Lipinski definition) is 0. The van der Waals surface area contributed by atoms with Gasteiger partial charge in [0.25, 0.3) is 0 Å². The fourth-order valence-corrected chi connectivity index (χ4v) is 3.79. The van der Waals surface area contributed by atoms with Gasteiger partial charge in [-0.3, -0.25) is 9.30 Å². The molecule has 1 fully saturated rings. The summed E-state index contributed by atoms with van der Waals surface area (Å²) in [6.45, 7) is 2.20. The van der Waals surface area contributed by atoms with Gasteiger partial charge in [0.15, 0.2) is 4.96 Å². The van der Waals surface area contributed by atoms with Crippen molar-refractivity contribution in [2.45, 2.75) is 25.4 Å². The molecule has 1 saturated heterocycles. The lowest BCUT2D eigenvalue weighted by Gasteiger charge is -2.21. The minimum absolute atomic E-state index is 0.694. The van der Waals surface area contributed by atoms with E-state index < -0.39 is 0 Å². The van der Waals surface area contributed by atoms with Crippen LogP contribution in [0.2, 0.25) is 0 Å². The van der Waals surface area contributed by atoms with Crippen LogP contribution < -0.4 is 0 Å². The lowest BCUT2D eigenvalue weighted by molar-refractivity contribution is 0.262. The highest BCUT2D eigenvalue weighted by molar-refractivity contribution is 9.09. The molecule has 0 N–H and O–H groups in total. The van der Waals surface area contributed by atoms with Gasteiger partial charge >= 0.3 is 0 Å². The molecule has 3 heterocycles. The first kappa shape index (κ1) is 10.7. The van der Waals surface area contributed by atoms with Gasteiger partial charge in [-0.15, -0.1) is 11.3 Å². The molecule has 0 aliphatic carbocycles. The Bertz CT molecular complexity index is 450. The summed E-state index contributed by atoms with van der Waals surface area (Å²) in [6.07, 6.45) is 6.85. The number of fused-ring (bicyclic) bond motifs is 1. The molecule has 0 aromatic carbocycles. The van der Waals surface area contributed by atoms with Crippen molar-refractivity contribution in [3.8, 4) is 0 Å². The van der Waals surface area contributed by atoms with E-state index in [0.717, 1.165) is 16.8 Å². The molecule has 0 radical (unpaired) electrons. The number of imidazole rings is 1. The van der Waals surface area contributed by atoms with E-state index in [1.54, 1.807) is 11.3 Å². The number of nitrogens with zero attached hydrogens (tertiary/aromatic N) is 3. The van der Waals surface area contributed by atoms with Crippen molar-refractivity contribution in [1.29, 1.82) is 0 Å². The monoisotopic (exact) mass is 299 g/mol. The Morgan fingerprint density at radius 3 is 3.31 bits per heavy atom. The van der Waals surface area contributed by atoms with Gasteiger partial charge in [0.2, 0.25) is 0 Å². The molecule has 3 nitrogen and oxygen atoms in total. The van der Waals surface area contributed by atoms with Crippen LogP contribution in [0, 0.1) is 0 Å². The zero-order valence-electron chi connectivity index (χ0n) is 8.97. The fraction of sp³-hybridized carbons (Fsp3) is 0.545. The smallest absolute Gasteiger partial charge is 0.193 e. The van der Waals surface area contributed by atoms with Crippen LogP contribution in [0.15, 0.2) is 17.8 Å². The summed E-state index contributed by atoms with van der Waals surface area (Å²) in [6, 6.07) is 0.694. The van der Waals surface area contributed by atoms with E-state index in [1.807, 2.05) is 0 Å². The average molecular weight is 300 g/mol. The average Bonchev–Trinajstić information content (AvgIpc) is 2.92. The van der Waals surface area contributed by atoms with Gasteiger partial charge < -0.3 is 0 Å². The Balaban J connectivity index is 1.76. The van der Waals surface area contributed by atoms with Crippen molar-refractivity contribution in [2.75, 3.05) is 11.9 Å². The molecule has 86 valence electrons. The van der Waals surface area contributed by atoms with E-state index in [9.17, 15) is 0 Å². The molecule has 0 spiro atoms. The minimum Gasteiger partial charge on any atom is -0.297 e. The molecule has 0 saturated carbocycles. The van der Waals surface area contributed by atoms with E-state index in [1.165, 1.54) is 25.1 Å².